The number of halogens is 1. The van der Waals surface area contributed by atoms with E-state index in [9.17, 15) is 4.79 Å². The summed E-state index contributed by atoms with van der Waals surface area (Å²) in [6, 6.07) is 12.8. The highest BCUT2D eigenvalue weighted by molar-refractivity contribution is 6.36. The van der Waals surface area contributed by atoms with Crippen molar-refractivity contribution in [3.8, 4) is 6.01 Å². The lowest BCUT2D eigenvalue weighted by atomic mass is 10.0. The van der Waals surface area contributed by atoms with Crippen molar-refractivity contribution in [2.24, 2.45) is 0 Å². The maximum atomic E-state index is 13.1. The van der Waals surface area contributed by atoms with E-state index in [-0.39, 0.29) is 30.7 Å². The number of anilines is 2. The third-order valence-corrected chi connectivity index (χ3v) is 9.91. The van der Waals surface area contributed by atoms with Crippen LogP contribution in [0.3, 0.4) is 0 Å². The lowest BCUT2D eigenvalue weighted by Gasteiger charge is -2.41. The number of hydrogen-bond donors (Lipinski definition) is 0. The molecule has 10 nitrogen and oxygen atoms in total. The SMILES string of the molecule is [C-]#[N+]C[C@H]1CN(c2nc(OC[C@@H]3CCCN3C)nc3c2CCN(c2cccc4cccc(Cl)c24)C3)CCN1C(=O)[C@H]1O[C@H]1C. The molecule has 4 aliphatic rings. The Labute approximate surface area is 263 Å². The number of amides is 1. The molecule has 230 valence electrons. The quantitative estimate of drug-likeness (QED) is 0.291. The minimum absolute atomic E-state index is 0.00962. The molecule has 0 radical (unpaired) electrons. The first kappa shape index (κ1) is 29.1. The topological polar surface area (TPSA) is 81.9 Å². The second-order valence-corrected chi connectivity index (χ2v) is 12.8. The van der Waals surface area contributed by atoms with Crippen molar-refractivity contribution in [1.82, 2.24) is 19.8 Å². The van der Waals surface area contributed by atoms with Crippen LogP contribution < -0.4 is 14.5 Å². The van der Waals surface area contributed by atoms with E-state index in [1.807, 2.05) is 24.0 Å². The van der Waals surface area contributed by atoms with Gasteiger partial charge < -0.3 is 33.9 Å². The molecule has 4 aliphatic heterocycles. The number of piperazine rings is 1. The number of hydrogen-bond acceptors (Lipinski definition) is 8. The largest absolute Gasteiger partial charge is 0.462 e. The molecule has 11 heteroatoms. The van der Waals surface area contributed by atoms with Crippen LogP contribution in [0.15, 0.2) is 36.4 Å². The number of rotatable bonds is 7. The van der Waals surface area contributed by atoms with Gasteiger partial charge in [-0.2, -0.15) is 9.97 Å². The van der Waals surface area contributed by atoms with E-state index in [0.717, 1.165) is 64.5 Å². The van der Waals surface area contributed by atoms with Gasteiger partial charge in [-0.15, -0.1) is 0 Å². The number of ether oxygens (including phenoxy) is 2. The van der Waals surface area contributed by atoms with E-state index in [2.05, 4.69) is 50.9 Å². The van der Waals surface area contributed by atoms with Crippen molar-refractivity contribution in [2.75, 3.05) is 62.7 Å². The molecular formula is C33H38ClN7O3. The monoisotopic (exact) mass is 615 g/mol. The van der Waals surface area contributed by atoms with E-state index in [4.69, 9.17) is 37.6 Å². The molecule has 2 aromatic carbocycles. The van der Waals surface area contributed by atoms with Gasteiger partial charge in [-0.1, -0.05) is 35.9 Å². The zero-order chi connectivity index (χ0) is 30.4. The van der Waals surface area contributed by atoms with Crippen molar-refractivity contribution in [3.63, 3.8) is 0 Å². The summed E-state index contributed by atoms with van der Waals surface area (Å²) in [6.45, 7) is 14.4. The van der Waals surface area contributed by atoms with Crippen LogP contribution in [0.1, 0.15) is 31.0 Å². The number of likely N-dealkylation sites (tertiary alicyclic amines) is 1. The summed E-state index contributed by atoms with van der Waals surface area (Å²) < 4.78 is 11.8. The number of benzene rings is 2. The van der Waals surface area contributed by atoms with Crippen molar-refractivity contribution < 1.29 is 14.3 Å². The summed E-state index contributed by atoms with van der Waals surface area (Å²) >= 11 is 6.71. The molecule has 0 N–H and O–H groups in total. The molecule has 1 amide bonds. The van der Waals surface area contributed by atoms with Gasteiger partial charge >= 0.3 is 6.01 Å². The highest BCUT2D eigenvalue weighted by atomic mass is 35.5. The van der Waals surface area contributed by atoms with Crippen LogP contribution in [0.4, 0.5) is 11.5 Å². The molecule has 5 heterocycles. The Morgan fingerprint density at radius 2 is 1.93 bits per heavy atom. The van der Waals surface area contributed by atoms with Gasteiger partial charge in [0.15, 0.2) is 6.10 Å². The van der Waals surface area contributed by atoms with Crippen molar-refractivity contribution in [1.29, 1.82) is 0 Å². The fraction of sp³-hybridized carbons (Fsp3) is 0.515. The van der Waals surface area contributed by atoms with Gasteiger partial charge in [-0.05, 0) is 57.3 Å². The first-order chi connectivity index (χ1) is 21.4. The zero-order valence-electron chi connectivity index (χ0n) is 25.3. The van der Waals surface area contributed by atoms with Gasteiger partial charge in [0.25, 0.3) is 5.91 Å². The van der Waals surface area contributed by atoms with Crippen LogP contribution in [0.5, 0.6) is 6.01 Å². The predicted molar refractivity (Wildman–Crippen MR) is 170 cm³/mol. The average Bonchev–Trinajstić information content (AvgIpc) is 3.63. The predicted octanol–water partition coefficient (Wildman–Crippen LogP) is 4.04. The number of nitrogens with zero attached hydrogens (tertiary/aromatic N) is 7. The van der Waals surface area contributed by atoms with Gasteiger partial charge in [0.05, 0.1) is 23.4 Å². The van der Waals surface area contributed by atoms with Crippen LogP contribution in [-0.4, -0.2) is 103 Å². The Hall–Kier alpha value is -3.65. The summed E-state index contributed by atoms with van der Waals surface area (Å²) in [5, 5.41) is 2.89. The van der Waals surface area contributed by atoms with E-state index in [0.29, 0.717) is 44.8 Å². The van der Waals surface area contributed by atoms with Crippen LogP contribution >= 0.6 is 11.6 Å². The van der Waals surface area contributed by atoms with Gasteiger partial charge in [0.1, 0.15) is 18.5 Å². The Morgan fingerprint density at radius 3 is 2.68 bits per heavy atom. The normalized spacial score (nSPS) is 25.2. The smallest absolute Gasteiger partial charge is 0.318 e. The van der Waals surface area contributed by atoms with Crippen molar-refractivity contribution >= 4 is 39.8 Å². The number of carbonyl (C=O) groups excluding carboxylic acids is 1. The third-order valence-electron chi connectivity index (χ3n) is 9.59. The van der Waals surface area contributed by atoms with Crippen molar-refractivity contribution in [3.05, 3.63) is 64.1 Å². The lowest BCUT2D eigenvalue weighted by Crippen LogP contribution is -2.58. The molecule has 0 aliphatic carbocycles. The molecule has 1 aromatic heterocycles. The van der Waals surface area contributed by atoms with Gasteiger partial charge in [0, 0.05) is 48.9 Å². The first-order valence-electron chi connectivity index (χ1n) is 15.6. The van der Waals surface area contributed by atoms with Crippen LogP contribution in [-0.2, 0) is 22.5 Å². The summed E-state index contributed by atoms with van der Waals surface area (Å²) in [4.78, 5) is 35.6. The van der Waals surface area contributed by atoms with E-state index < -0.39 is 0 Å². The third kappa shape index (κ3) is 5.53. The van der Waals surface area contributed by atoms with Gasteiger partial charge in [-0.3, -0.25) is 4.79 Å². The molecule has 0 spiro atoms. The fourth-order valence-corrected chi connectivity index (χ4v) is 7.31. The molecule has 3 saturated heterocycles. The molecular weight excluding hydrogens is 578 g/mol. The van der Waals surface area contributed by atoms with E-state index >= 15 is 0 Å². The highest BCUT2D eigenvalue weighted by Gasteiger charge is 2.47. The molecule has 0 unspecified atom stereocenters. The van der Waals surface area contributed by atoms with Crippen molar-refractivity contribution in [2.45, 2.75) is 57.0 Å². The molecule has 3 aromatic rings. The average molecular weight is 616 g/mol. The Morgan fingerprint density at radius 1 is 1.11 bits per heavy atom. The molecule has 7 rings (SSSR count). The Bertz CT molecular complexity index is 1610. The summed E-state index contributed by atoms with van der Waals surface area (Å²) in [6.07, 6.45) is 2.59. The van der Waals surface area contributed by atoms with E-state index in [1.54, 1.807) is 0 Å². The van der Waals surface area contributed by atoms with Crippen LogP contribution in [0.25, 0.3) is 15.6 Å². The summed E-state index contributed by atoms with van der Waals surface area (Å²) in [5.74, 6) is 0.850. The van der Waals surface area contributed by atoms with Gasteiger partial charge in [-0.25, -0.2) is 6.57 Å². The number of aromatic nitrogens is 2. The fourth-order valence-electron chi connectivity index (χ4n) is 7.03. The number of likely N-dealkylation sites (N-methyl/N-ethyl adjacent to an activating group) is 1. The van der Waals surface area contributed by atoms with Gasteiger partial charge in [0.2, 0.25) is 6.54 Å². The lowest BCUT2D eigenvalue weighted by molar-refractivity contribution is -0.135. The highest BCUT2D eigenvalue weighted by Crippen LogP contribution is 2.37. The molecule has 0 saturated carbocycles. The number of carbonyl (C=O) groups is 1. The molecule has 0 bridgehead atoms. The Balaban J connectivity index is 1.20. The molecule has 3 fully saturated rings. The maximum Gasteiger partial charge on any atom is 0.318 e. The minimum Gasteiger partial charge on any atom is -0.462 e. The van der Waals surface area contributed by atoms with E-state index in [1.165, 1.54) is 6.42 Å². The maximum absolute atomic E-state index is 13.1. The molecule has 4 atom stereocenters. The standard InChI is InChI=1S/C33H38ClN7O3/c1-21-30(44-21)32(42)41-16-15-40(18-24(41)17-35-2)31-25-12-14-39(28-11-5-8-22-7-4-10-26(34)29(22)28)19-27(25)36-33(37-31)43-20-23-9-6-13-38(23)3/h4-5,7-8,10-11,21,23-24,30H,6,9,12-20H2,1,3H3/t21-,23-,24-,30-/m0/s1. The van der Waals surface area contributed by atoms with Crippen LogP contribution in [0, 0.1) is 6.57 Å². The summed E-state index contributed by atoms with van der Waals surface area (Å²) in [7, 11) is 2.14. The Kier molecular flexibility index (Phi) is 7.95. The summed E-state index contributed by atoms with van der Waals surface area (Å²) in [5.41, 5.74) is 3.15. The minimum atomic E-state index is -0.385. The van der Waals surface area contributed by atoms with Crippen LogP contribution in [0.2, 0.25) is 5.02 Å². The zero-order valence-corrected chi connectivity index (χ0v) is 26.0. The second kappa shape index (κ2) is 12.0. The number of epoxide rings is 1. The number of fused-ring (bicyclic) bond motifs is 2. The second-order valence-electron chi connectivity index (χ2n) is 12.4. The molecule has 44 heavy (non-hydrogen) atoms. The first-order valence-corrected chi connectivity index (χ1v) is 16.0.